The third-order valence-corrected chi connectivity index (χ3v) is 6.03. The van der Waals surface area contributed by atoms with Crippen LogP contribution in [0.15, 0.2) is 12.2 Å². The molecule has 5 heteroatoms. The van der Waals surface area contributed by atoms with Crippen molar-refractivity contribution in [2.24, 2.45) is 5.92 Å². The first-order chi connectivity index (χ1) is 11.5. The van der Waals surface area contributed by atoms with Crippen molar-refractivity contribution in [1.29, 1.82) is 0 Å². The highest BCUT2D eigenvalue weighted by atomic mass is 16.2. The number of likely N-dealkylation sites (N-methyl/N-ethyl adjacent to an activating group) is 1. The summed E-state index contributed by atoms with van der Waals surface area (Å²) in [6.45, 7) is 3.38. The van der Waals surface area contributed by atoms with Gasteiger partial charge in [0.2, 0.25) is 11.8 Å². The first kappa shape index (κ1) is 17.5. The number of carbonyl (C=O) groups excluding carboxylic acids is 2. The van der Waals surface area contributed by atoms with E-state index in [0.29, 0.717) is 18.2 Å². The SMILES string of the molecule is CN(C)CCN1C(=O)CC[C@]12CCCN(C(=O)C1CC=CC1)CC2. The Kier molecular flexibility index (Phi) is 5.28. The van der Waals surface area contributed by atoms with Crippen molar-refractivity contribution in [1.82, 2.24) is 14.7 Å². The second kappa shape index (κ2) is 7.26. The van der Waals surface area contributed by atoms with Gasteiger partial charge in [0.15, 0.2) is 0 Å². The summed E-state index contributed by atoms with van der Waals surface area (Å²) < 4.78 is 0. The predicted molar refractivity (Wildman–Crippen MR) is 94.5 cm³/mol. The van der Waals surface area contributed by atoms with E-state index in [1.54, 1.807) is 0 Å². The van der Waals surface area contributed by atoms with Crippen LogP contribution in [-0.4, -0.2) is 72.3 Å². The second-order valence-electron chi connectivity index (χ2n) is 7.89. The molecule has 0 N–H and O–H groups in total. The molecule has 0 aromatic rings. The quantitative estimate of drug-likeness (QED) is 0.738. The van der Waals surface area contributed by atoms with Gasteiger partial charge in [0, 0.05) is 44.1 Å². The summed E-state index contributed by atoms with van der Waals surface area (Å²) in [5, 5.41) is 0. The molecular weight excluding hydrogens is 302 g/mol. The predicted octanol–water partition coefficient (Wildman–Crippen LogP) is 1.89. The van der Waals surface area contributed by atoms with Gasteiger partial charge in [-0.3, -0.25) is 9.59 Å². The van der Waals surface area contributed by atoms with Crippen molar-refractivity contribution in [3.05, 3.63) is 12.2 Å². The molecule has 2 aliphatic heterocycles. The van der Waals surface area contributed by atoms with Gasteiger partial charge < -0.3 is 14.7 Å². The van der Waals surface area contributed by atoms with Gasteiger partial charge in [0.25, 0.3) is 0 Å². The fourth-order valence-electron chi connectivity index (χ4n) is 4.53. The summed E-state index contributed by atoms with van der Waals surface area (Å²) in [6.07, 6.45) is 10.7. The Morgan fingerprint density at radius 2 is 1.96 bits per heavy atom. The normalized spacial score (nSPS) is 28.4. The Hall–Kier alpha value is -1.36. The molecule has 3 aliphatic rings. The van der Waals surface area contributed by atoms with Crippen LogP contribution in [0.3, 0.4) is 0 Å². The van der Waals surface area contributed by atoms with E-state index < -0.39 is 0 Å². The molecule has 0 bridgehead atoms. The molecule has 1 aliphatic carbocycles. The average molecular weight is 333 g/mol. The number of amides is 2. The maximum absolute atomic E-state index is 12.7. The zero-order valence-electron chi connectivity index (χ0n) is 15.2. The van der Waals surface area contributed by atoms with Gasteiger partial charge in [0.1, 0.15) is 0 Å². The van der Waals surface area contributed by atoms with Gasteiger partial charge in [0.05, 0.1) is 0 Å². The molecule has 5 nitrogen and oxygen atoms in total. The van der Waals surface area contributed by atoms with Crippen LogP contribution in [-0.2, 0) is 9.59 Å². The monoisotopic (exact) mass is 333 g/mol. The van der Waals surface area contributed by atoms with E-state index in [-0.39, 0.29) is 11.5 Å². The number of hydrogen-bond acceptors (Lipinski definition) is 3. The van der Waals surface area contributed by atoms with E-state index in [2.05, 4.69) is 40.9 Å². The van der Waals surface area contributed by atoms with Crippen LogP contribution in [0, 0.1) is 5.92 Å². The molecule has 134 valence electrons. The third kappa shape index (κ3) is 3.51. The molecule has 2 saturated heterocycles. The summed E-state index contributed by atoms with van der Waals surface area (Å²) in [7, 11) is 4.10. The molecule has 1 atom stereocenters. The fraction of sp³-hybridized carbons (Fsp3) is 0.789. The van der Waals surface area contributed by atoms with E-state index in [0.717, 1.165) is 64.7 Å². The van der Waals surface area contributed by atoms with E-state index in [1.807, 2.05) is 0 Å². The summed E-state index contributed by atoms with van der Waals surface area (Å²) >= 11 is 0. The van der Waals surface area contributed by atoms with E-state index >= 15 is 0 Å². The second-order valence-corrected chi connectivity index (χ2v) is 7.89. The van der Waals surface area contributed by atoms with E-state index in [9.17, 15) is 9.59 Å². The van der Waals surface area contributed by atoms with Gasteiger partial charge in [-0.1, -0.05) is 12.2 Å². The number of nitrogens with zero attached hydrogens (tertiary/aromatic N) is 3. The van der Waals surface area contributed by atoms with Gasteiger partial charge in [-0.15, -0.1) is 0 Å². The smallest absolute Gasteiger partial charge is 0.226 e. The van der Waals surface area contributed by atoms with Crippen LogP contribution in [0.4, 0.5) is 0 Å². The van der Waals surface area contributed by atoms with Crippen molar-refractivity contribution in [2.75, 3.05) is 40.3 Å². The van der Waals surface area contributed by atoms with Crippen molar-refractivity contribution < 1.29 is 9.59 Å². The number of rotatable bonds is 4. The zero-order chi connectivity index (χ0) is 17.2. The van der Waals surface area contributed by atoms with Crippen molar-refractivity contribution >= 4 is 11.8 Å². The van der Waals surface area contributed by atoms with Crippen molar-refractivity contribution in [3.8, 4) is 0 Å². The summed E-state index contributed by atoms with van der Waals surface area (Å²) in [5.74, 6) is 0.784. The molecule has 0 aromatic carbocycles. The fourth-order valence-corrected chi connectivity index (χ4v) is 4.53. The minimum absolute atomic E-state index is 0.00392. The lowest BCUT2D eigenvalue weighted by Crippen LogP contribution is -2.49. The van der Waals surface area contributed by atoms with E-state index in [1.165, 1.54) is 0 Å². The van der Waals surface area contributed by atoms with Gasteiger partial charge in [-0.25, -0.2) is 0 Å². The average Bonchev–Trinajstić information content (AvgIpc) is 3.12. The lowest BCUT2D eigenvalue weighted by Gasteiger charge is -2.39. The molecule has 1 spiro atoms. The van der Waals surface area contributed by atoms with Crippen LogP contribution < -0.4 is 0 Å². The van der Waals surface area contributed by atoms with Crippen LogP contribution >= 0.6 is 0 Å². The van der Waals surface area contributed by atoms with Gasteiger partial charge in [-0.2, -0.15) is 0 Å². The summed E-state index contributed by atoms with van der Waals surface area (Å²) in [4.78, 5) is 31.5. The van der Waals surface area contributed by atoms with Gasteiger partial charge >= 0.3 is 0 Å². The van der Waals surface area contributed by atoms with Crippen LogP contribution in [0.1, 0.15) is 44.9 Å². The third-order valence-electron chi connectivity index (χ3n) is 6.03. The minimum Gasteiger partial charge on any atom is -0.342 e. The van der Waals surface area contributed by atoms with Crippen LogP contribution in [0.25, 0.3) is 0 Å². The number of allylic oxidation sites excluding steroid dienone is 2. The van der Waals surface area contributed by atoms with Crippen molar-refractivity contribution in [3.63, 3.8) is 0 Å². The van der Waals surface area contributed by atoms with Crippen molar-refractivity contribution in [2.45, 2.75) is 50.5 Å². The Labute approximate surface area is 145 Å². The highest BCUT2D eigenvalue weighted by Crippen LogP contribution is 2.39. The lowest BCUT2D eigenvalue weighted by atomic mass is 9.87. The zero-order valence-corrected chi connectivity index (χ0v) is 15.2. The topological polar surface area (TPSA) is 43.9 Å². The van der Waals surface area contributed by atoms with Gasteiger partial charge in [-0.05, 0) is 52.6 Å². The minimum atomic E-state index is -0.00392. The standard InChI is InChI=1S/C19H31N3O2/c1-20(2)14-15-22-17(23)8-10-19(22)9-5-12-21(13-11-19)18(24)16-6-3-4-7-16/h3-4,16H,5-15H2,1-2H3/t19-/m0/s1. The highest BCUT2D eigenvalue weighted by Gasteiger charge is 2.45. The molecule has 2 fully saturated rings. The first-order valence-corrected chi connectivity index (χ1v) is 9.41. The molecule has 0 saturated carbocycles. The highest BCUT2D eigenvalue weighted by molar-refractivity contribution is 5.81. The maximum Gasteiger partial charge on any atom is 0.226 e. The largest absolute Gasteiger partial charge is 0.342 e. The maximum atomic E-state index is 12.7. The number of likely N-dealkylation sites (tertiary alicyclic amines) is 2. The molecular formula is C19H31N3O2. The molecule has 24 heavy (non-hydrogen) atoms. The van der Waals surface area contributed by atoms with Crippen LogP contribution in [0.5, 0.6) is 0 Å². The molecule has 3 rings (SSSR count). The lowest BCUT2D eigenvalue weighted by molar-refractivity contribution is -0.135. The first-order valence-electron chi connectivity index (χ1n) is 9.41. The molecule has 0 radical (unpaired) electrons. The Morgan fingerprint density at radius 3 is 2.67 bits per heavy atom. The Morgan fingerprint density at radius 1 is 1.21 bits per heavy atom. The number of hydrogen-bond donors (Lipinski definition) is 0. The molecule has 0 unspecified atom stereocenters. The summed E-state index contributed by atoms with van der Waals surface area (Å²) in [6, 6.07) is 0. The Balaban J connectivity index is 1.64. The molecule has 2 amide bonds. The number of carbonyl (C=O) groups is 2. The Bertz CT molecular complexity index is 509. The molecule has 2 heterocycles. The summed E-state index contributed by atoms with van der Waals surface area (Å²) in [5.41, 5.74) is -0.00392. The van der Waals surface area contributed by atoms with E-state index in [4.69, 9.17) is 0 Å². The van der Waals surface area contributed by atoms with Crippen LogP contribution in [0.2, 0.25) is 0 Å². The molecule has 0 aromatic heterocycles.